The van der Waals surface area contributed by atoms with Crippen molar-refractivity contribution >= 4 is 35.0 Å². The van der Waals surface area contributed by atoms with Crippen molar-refractivity contribution in [2.45, 2.75) is 0 Å². The zero-order valence-electron chi connectivity index (χ0n) is 13.1. The van der Waals surface area contributed by atoms with Crippen molar-refractivity contribution in [3.05, 3.63) is 53.3 Å². The fourth-order valence-electron chi connectivity index (χ4n) is 1.83. The predicted octanol–water partition coefficient (Wildman–Crippen LogP) is 4.24. The van der Waals surface area contributed by atoms with Crippen molar-refractivity contribution in [2.24, 2.45) is 0 Å². The third kappa shape index (κ3) is 5.94. The lowest BCUT2D eigenvalue weighted by atomic mass is 10.3. The topological polar surface area (TPSA) is 47.6 Å². The number of hydrogen-bond donors (Lipinski definition) is 1. The van der Waals surface area contributed by atoms with Crippen molar-refractivity contribution < 1.29 is 18.7 Å². The maximum absolute atomic E-state index is 13.5. The van der Waals surface area contributed by atoms with Gasteiger partial charge in [-0.25, -0.2) is 4.39 Å². The zero-order chi connectivity index (χ0) is 17.4. The Morgan fingerprint density at radius 3 is 2.62 bits per heavy atom. The van der Waals surface area contributed by atoms with E-state index in [0.717, 1.165) is 11.5 Å². The van der Waals surface area contributed by atoms with Gasteiger partial charge in [0, 0.05) is 10.8 Å². The van der Waals surface area contributed by atoms with E-state index in [1.165, 1.54) is 30.0 Å². The molecule has 2 rings (SSSR count). The first-order chi connectivity index (χ1) is 11.6. The summed E-state index contributed by atoms with van der Waals surface area (Å²) in [7, 11) is 1.60. The van der Waals surface area contributed by atoms with Gasteiger partial charge < -0.3 is 14.8 Å². The van der Waals surface area contributed by atoms with Crippen LogP contribution in [0.15, 0.2) is 42.5 Å². The zero-order valence-corrected chi connectivity index (χ0v) is 14.6. The first-order valence-electron chi connectivity index (χ1n) is 7.18. The van der Waals surface area contributed by atoms with E-state index in [1.807, 2.05) is 24.3 Å². The van der Waals surface area contributed by atoms with Crippen LogP contribution < -0.4 is 14.8 Å². The summed E-state index contributed by atoms with van der Waals surface area (Å²) >= 11 is 7.18. The number of carbonyl (C=O) groups excluding carboxylic acids is 1. The highest BCUT2D eigenvalue weighted by Gasteiger charge is 2.07. The number of rotatable bonds is 8. The predicted molar refractivity (Wildman–Crippen MR) is 95.9 cm³/mol. The monoisotopic (exact) mass is 369 g/mol. The van der Waals surface area contributed by atoms with Crippen molar-refractivity contribution in [3.8, 4) is 11.5 Å². The molecule has 24 heavy (non-hydrogen) atoms. The molecule has 0 radical (unpaired) electrons. The van der Waals surface area contributed by atoms with Gasteiger partial charge in [-0.15, -0.1) is 11.8 Å². The van der Waals surface area contributed by atoms with Gasteiger partial charge >= 0.3 is 0 Å². The van der Waals surface area contributed by atoms with Crippen LogP contribution in [0, 0.1) is 5.82 Å². The molecule has 0 saturated carbocycles. The van der Waals surface area contributed by atoms with Crippen LogP contribution in [0.25, 0.3) is 0 Å². The average molecular weight is 370 g/mol. The second-order valence-electron chi connectivity index (χ2n) is 4.75. The minimum atomic E-state index is -0.513. The molecule has 128 valence electrons. The van der Waals surface area contributed by atoms with Gasteiger partial charge in [0.2, 0.25) is 5.91 Å². The number of ether oxygens (including phenoxy) is 2. The fraction of sp³-hybridized carbons (Fsp3) is 0.235. The Morgan fingerprint density at radius 1 is 1.21 bits per heavy atom. The molecule has 0 heterocycles. The second kappa shape index (κ2) is 9.39. The standard InChI is InChI=1S/C17H17ClFNO3S/c1-22-13-3-5-14(6-4-13)23-8-9-24-11-17(21)20-16-10-12(18)2-7-15(16)19/h2-7,10H,8-9,11H2,1H3,(H,20,21). The lowest BCUT2D eigenvalue weighted by molar-refractivity contribution is -0.113. The summed E-state index contributed by atoms with van der Waals surface area (Å²) in [5, 5.41) is 2.87. The lowest BCUT2D eigenvalue weighted by Crippen LogP contribution is -2.16. The Balaban J connectivity index is 1.66. The molecule has 7 heteroatoms. The third-order valence-corrected chi connectivity index (χ3v) is 4.15. The van der Waals surface area contributed by atoms with Crippen LogP contribution in [0.3, 0.4) is 0 Å². The van der Waals surface area contributed by atoms with E-state index < -0.39 is 5.82 Å². The highest BCUT2D eigenvalue weighted by Crippen LogP contribution is 2.20. The number of benzene rings is 2. The summed E-state index contributed by atoms with van der Waals surface area (Å²) in [6.07, 6.45) is 0. The Hall–Kier alpha value is -1.92. The number of carbonyl (C=O) groups is 1. The fourth-order valence-corrected chi connectivity index (χ4v) is 2.61. The number of thioether (sulfide) groups is 1. The number of nitrogens with one attached hydrogen (secondary N) is 1. The van der Waals surface area contributed by atoms with Gasteiger partial charge in [0.05, 0.1) is 25.2 Å². The molecule has 2 aromatic rings. The molecule has 2 aromatic carbocycles. The van der Waals surface area contributed by atoms with Crippen molar-refractivity contribution in [1.82, 2.24) is 0 Å². The van der Waals surface area contributed by atoms with Gasteiger partial charge in [0.25, 0.3) is 0 Å². The average Bonchev–Trinajstić information content (AvgIpc) is 2.58. The molecule has 0 bridgehead atoms. The summed E-state index contributed by atoms with van der Waals surface area (Å²) in [5.41, 5.74) is 0.0857. The number of methoxy groups -OCH3 is 1. The van der Waals surface area contributed by atoms with Gasteiger partial charge in [0.1, 0.15) is 17.3 Å². The van der Waals surface area contributed by atoms with Crippen molar-refractivity contribution in [3.63, 3.8) is 0 Å². The lowest BCUT2D eigenvalue weighted by Gasteiger charge is -2.08. The number of halogens is 2. The van der Waals surface area contributed by atoms with Gasteiger partial charge in [-0.1, -0.05) is 11.6 Å². The third-order valence-electron chi connectivity index (χ3n) is 2.99. The quantitative estimate of drug-likeness (QED) is 0.707. The van der Waals surface area contributed by atoms with Crippen molar-refractivity contribution in [2.75, 3.05) is 30.5 Å². The number of amides is 1. The molecule has 0 saturated heterocycles. The summed E-state index contributed by atoms with van der Waals surface area (Å²) < 4.78 is 24.1. The molecule has 0 spiro atoms. The molecule has 0 aliphatic carbocycles. The minimum absolute atomic E-state index is 0.0857. The molecular weight excluding hydrogens is 353 g/mol. The maximum atomic E-state index is 13.5. The van der Waals surface area contributed by atoms with Gasteiger partial charge in [0.15, 0.2) is 0 Å². The summed E-state index contributed by atoms with van der Waals surface area (Å²) in [4.78, 5) is 11.8. The van der Waals surface area contributed by atoms with Crippen LogP contribution in [0.5, 0.6) is 11.5 Å². The molecule has 1 N–H and O–H groups in total. The van der Waals surface area contributed by atoms with E-state index in [9.17, 15) is 9.18 Å². The van der Waals surface area contributed by atoms with Gasteiger partial charge in [-0.3, -0.25) is 4.79 Å². The first-order valence-corrected chi connectivity index (χ1v) is 8.71. The molecule has 1 amide bonds. The molecule has 0 aliphatic heterocycles. The van der Waals surface area contributed by atoms with Crippen LogP contribution in [-0.4, -0.2) is 31.1 Å². The molecule has 0 aliphatic rings. The Bertz CT molecular complexity index is 682. The summed E-state index contributed by atoms with van der Waals surface area (Å²) in [6, 6.07) is 11.3. The summed E-state index contributed by atoms with van der Waals surface area (Å²) in [6.45, 7) is 0.468. The van der Waals surface area contributed by atoms with Gasteiger partial charge in [-0.2, -0.15) is 0 Å². The highest BCUT2D eigenvalue weighted by atomic mass is 35.5. The molecule has 0 unspecified atom stereocenters. The van der Waals surface area contributed by atoms with Gasteiger partial charge in [-0.05, 0) is 42.5 Å². The Labute approximate surface area is 149 Å². The Morgan fingerprint density at radius 2 is 1.92 bits per heavy atom. The Kier molecular flexibility index (Phi) is 7.21. The van der Waals surface area contributed by atoms with Crippen LogP contribution in [0.4, 0.5) is 10.1 Å². The molecule has 0 fully saturated rings. The van der Waals surface area contributed by atoms with Crippen LogP contribution in [0.1, 0.15) is 0 Å². The van der Waals surface area contributed by atoms with E-state index in [1.54, 1.807) is 7.11 Å². The maximum Gasteiger partial charge on any atom is 0.234 e. The number of anilines is 1. The highest BCUT2D eigenvalue weighted by molar-refractivity contribution is 7.99. The van der Waals surface area contributed by atoms with Crippen LogP contribution >= 0.6 is 23.4 Å². The van der Waals surface area contributed by atoms with Crippen LogP contribution in [0.2, 0.25) is 5.02 Å². The molecule has 0 atom stereocenters. The second-order valence-corrected chi connectivity index (χ2v) is 6.29. The van der Waals surface area contributed by atoms with Crippen LogP contribution in [-0.2, 0) is 4.79 Å². The first kappa shape index (κ1) is 18.4. The van der Waals surface area contributed by atoms with E-state index in [0.29, 0.717) is 17.4 Å². The van der Waals surface area contributed by atoms with E-state index in [4.69, 9.17) is 21.1 Å². The molecular formula is C17H17ClFNO3S. The largest absolute Gasteiger partial charge is 0.497 e. The normalized spacial score (nSPS) is 10.3. The molecule has 4 nitrogen and oxygen atoms in total. The smallest absolute Gasteiger partial charge is 0.234 e. The van der Waals surface area contributed by atoms with E-state index >= 15 is 0 Å². The van der Waals surface area contributed by atoms with E-state index in [2.05, 4.69) is 5.32 Å². The summed E-state index contributed by atoms with van der Waals surface area (Å²) in [5.74, 6) is 1.55. The molecule has 0 aromatic heterocycles. The van der Waals surface area contributed by atoms with Crippen molar-refractivity contribution in [1.29, 1.82) is 0 Å². The SMILES string of the molecule is COc1ccc(OCCSCC(=O)Nc2cc(Cl)ccc2F)cc1. The number of hydrogen-bond acceptors (Lipinski definition) is 4. The van der Waals surface area contributed by atoms with E-state index in [-0.39, 0.29) is 17.3 Å². The minimum Gasteiger partial charge on any atom is -0.497 e.